The topological polar surface area (TPSA) is 62.4 Å². The van der Waals surface area contributed by atoms with Crippen LogP contribution >= 0.6 is 12.2 Å². The van der Waals surface area contributed by atoms with Gasteiger partial charge in [-0.2, -0.15) is 0 Å². The average molecular weight is 315 g/mol. The monoisotopic (exact) mass is 315 g/mol. The SMILES string of the molecule is NC(=S)c1cc2c(nc1N(CCO)CC(F)F)CCCC2. The Morgan fingerprint density at radius 2 is 2.14 bits per heavy atom. The minimum absolute atomic E-state index is 0.0751. The molecule has 1 heterocycles. The predicted molar refractivity (Wildman–Crippen MR) is 82.1 cm³/mol. The van der Waals surface area contributed by atoms with Crippen LogP contribution in [0.5, 0.6) is 0 Å². The standard InChI is InChI=1S/C14H19F2N3OS/c15-12(16)8-19(5-6-20)14-10(13(17)21)7-9-3-1-2-4-11(9)18-14/h7,12,20H,1-6,8H2,(H2,17,21). The van der Waals surface area contributed by atoms with Crippen LogP contribution in [0.25, 0.3) is 0 Å². The zero-order valence-electron chi connectivity index (χ0n) is 11.7. The van der Waals surface area contributed by atoms with Gasteiger partial charge in [-0.25, -0.2) is 13.8 Å². The maximum Gasteiger partial charge on any atom is 0.255 e. The second-order valence-corrected chi connectivity index (χ2v) is 5.54. The van der Waals surface area contributed by atoms with E-state index >= 15 is 0 Å². The number of halogens is 2. The van der Waals surface area contributed by atoms with E-state index < -0.39 is 13.0 Å². The molecule has 7 heteroatoms. The smallest absolute Gasteiger partial charge is 0.255 e. The number of rotatable bonds is 6. The van der Waals surface area contributed by atoms with E-state index in [1.165, 1.54) is 4.90 Å². The molecule has 0 atom stereocenters. The Balaban J connectivity index is 2.45. The van der Waals surface area contributed by atoms with E-state index in [0.717, 1.165) is 36.9 Å². The van der Waals surface area contributed by atoms with E-state index in [-0.39, 0.29) is 18.1 Å². The van der Waals surface area contributed by atoms with Gasteiger partial charge in [0.2, 0.25) is 0 Å². The maximum absolute atomic E-state index is 12.8. The Labute approximate surface area is 128 Å². The van der Waals surface area contributed by atoms with E-state index in [0.29, 0.717) is 11.4 Å². The minimum atomic E-state index is -2.52. The van der Waals surface area contributed by atoms with Crippen molar-refractivity contribution in [1.29, 1.82) is 0 Å². The summed E-state index contributed by atoms with van der Waals surface area (Å²) in [5.41, 5.74) is 8.26. The molecule has 4 nitrogen and oxygen atoms in total. The summed E-state index contributed by atoms with van der Waals surface area (Å²) in [6, 6.07) is 1.87. The van der Waals surface area contributed by atoms with E-state index in [4.69, 9.17) is 23.1 Å². The molecule has 0 bridgehead atoms. The number of aliphatic hydroxyl groups excluding tert-OH is 1. The summed E-state index contributed by atoms with van der Waals surface area (Å²) in [7, 11) is 0. The van der Waals surface area contributed by atoms with E-state index in [9.17, 15) is 8.78 Å². The van der Waals surface area contributed by atoms with Gasteiger partial charge in [0.15, 0.2) is 0 Å². The van der Waals surface area contributed by atoms with Crippen LogP contribution in [0.2, 0.25) is 0 Å². The third-order valence-corrected chi connectivity index (χ3v) is 3.79. The van der Waals surface area contributed by atoms with Crippen LogP contribution in [-0.4, -0.2) is 41.2 Å². The highest BCUT2D eigenvalue weighted by Crippen LogP contribution is 2.27. The number of alkyl halides is 2. The fraction of sp³-hybridized carbons (Fsp3) is 0.571. The van der Waals surface area contributed by atoms with Crippen molar-refractivity contribution in [2.75, 3.05) is 24.6 Å². The Bertz CT molecular complexity index is 525. The molecule has 116 valence electrons. The molecule has 0 aliphatic heterocycles. The van der Waals surface area contributed by atoms with Gasteiger partial charge in [0.25, 0.3) is 6.43 Å². The molecule has 1 aliphatic carbocycles. The summed E-state index contributed by atoms with van der Waals surface area (Å²) >= 11 is 5.03. The number of aryl methyl sites for hydroxylation is 2. The molecule has 0 unspecified atom stereocenters. The Hall–Kier alpha value is -1.34. The molecule has 1 aromatic heterocycles. The summed E-state index contributed by atoms with van der Waals surface area (Å²) in [5.74, 6) is 0.359. The molecule has 2 rings (SSSR count). The van der Waals surface area contributed by atoms with E-state index in [1.54, 1.807) is 0 Å². The van der Waals surface area contributed by atoms with Crippen LogP contribution in [0.4, 0.5) is 14.6 Å². The number of thiocarbonyl (C=S) groups is 1. The molecule has 0 saturated heterocycles. The lowest BCUT2D eigenvalue weighted by Crippen LogP contribution is -2.34. The highest BCUT2D eigenvalue weighted by Gasteiger charge is 2.22. The molecule has 1 aliphatic rings. The summed E-state index contributed by atoms with van der Waals surface area (Å²) < 4.78 is 25.5. The number of hydrogen-bond acceptors (Lipinski definition) is 4. The van der Waals surface area contributed by atoms with Crippen LogP contribution in [0.1, 0.15) is 29.7 Å². The van der Waals surface area contributed by atoms with Gasteiger partial charge in [0.1, 0.15) is 10.8 Å². The Morgan fingerprint density at radius 3 is 2.76 bits per heavy atom. The highest BCUT2D eigenvalue weighted by atomic mass is 32.1. The van der Waals surface area contributed by atoms with Crippen molar-refractivity contribution in [2.45, 2.75) is 32.1 Å². The number of nitrogens with two attached hydrogens (primary N) is 1. The van der Waals surface area contributed by atoms with Gasteiger partial charge in [-0.1, -0.05) is 12.2 Å². The molecule has 1 aromatic rings. The molecular weight excluding hydrogens is 296 g/mol. The summed E-state index contributed by atoms with van der Waals surface area (Å²) in [5, 5.41) is 9.10. The molecule has 0 aromatic carbocycles. The first-order valence-corrected chi connectivity index (χ1v) is 7.40. The lowest BCUT2D eigenvalue weighted by Gasteiger charge is -2.27. The lowest BCUT2D eigenvalue weighted by atomic mass is 9.94. The second kappa shape index (κ2) is 7.09. The maximum atomic E-state index is 12.8. The summed E-state index contributed by atoms with van der Waals surface area (Å²) in [6.07, 6.45) is 1.35. The van der Waals surface area contributed by atoms with Crippen molar-refractivity contribution in [2.24, 2.45) is 5.73 Å². The molecule has 0 radical (unpaired) electrons. The first-order valence-electron chi connectivity index (χ1n) is 6.99. The van der Waals surface area contributed by atoms with Crippen molar-refractivity contribution < 1.29 is 13.9 Å². The van der Waals surface area contributed by atoms with Crippen LogP contribution in [0, 0.1) is 0 Å². The molecule has 0 spiro atoms. The van der Waals surface area contributed by atoms with E-state index in [2.05, 4.69) is 4.98 Å². The lowest BCUT2D eigenvalue weighted by molar-refractivity contribution is 0.152. The molecule has 21 heavy (non-hydrogen) atoms. The first-order chi connectivity index (χ1) is 10.0. The van der Waals surface area contributed by atoms with Crippen molar-refractivity contribution in [1.82, 2.24) is 4.98 Å². The van der Waals surface area contributed by atoms with Crippen molar-refractivity contribution >= 4 is 23.0 Å². The predicted octanol–water partition coefficient (Wildman–Crippen LogP) is 1.66. The highest BCUT2D eigenvalue weighted by molar-refractivity contribution is 7.80. The molecule has 0 saturated carbocycles. The van der Waals surface area contributed by atoms with Crippen LogP contribution in [-0.2, 0) is 12.8 Å². The number of hydrogen-bond donors (Lipinski definition) is 2. The molecule has 3 N–H and O–H groups in total. The zero-order chi connectivity index (χ0) is 15.4. The van der Waals surface area contributed by atoms with Gasteiger partial charge < -0.3 is 15.7 Å². The van der Waals surface area contributed by atoms with Crippen molar-refractivity contribution in [3.63, 3.8) is 0 Å². The quantitative estimate of drug-likeness (QED) is 0.782. The molecule has 0 fully saturated rings. The van der Waals surface area contributed by atoms with Gasteiger partial charge in [0, 0.05) is 12.2 Å². The fourth-order valence-electron chi connectivity index (χ4n) is 2.62. The number of aliphatic hydroxyl groups is 1. The third kappa shape index (κ3) is 3.85. The normalized spacial score (nSPS) is 14.1. The fourth-order valence-corrected chi connectivity index (χ4v) is 2.77. The van der Waals surface area contributed by atoms with Gasteiger partial charge in [-0.3, -0.25) is 0 Å². The Kier molecular flexibility index (Phi) is 5.41. The average Bonchev–Trinajstić information content (AvgIpc) is 2.45. The largest absolute Gasteiger partial charge is 0.395 e. The zero-order valence-corrected chi connectivity index (χ0v) is 12.5. The Morgan fingerprint density at radius 1 is 1.43 bits per heavy atom. The van der Waals surface area contributed by atoms with Gasteiger partial charge in [-0.05, 0) is 37.3 Å². The van der Waals surface area contributed by atoms with Gasteiger partial charge in [0.05, 0.1) is 18.7 Å². The number of fused-ring (bicyclic) bond motifs is 1. The summed E-state index contributed by atoms with van der Waals surface area (Å²) in [4.78, 5) is 6.02. The van der Waals surface area contributed by atoms with E-state index in [1.807, 2.05) is 6.07 Å². The minimum Gasteiger partial charge on any atom is -0.395 e. The van der Waals surface area contributed by atoms with Crippen molar-refractivity contribution in [3.05, 3.63) is 22.9 Å². The number of pyridine rings is 1. The van der Waals surface area contributed by atoms with Crippen LogP contribution in [0.3, 0.4) is 0 Å². The van der Waals surface area contributed by atoms with Crippen LogP contribution in [0.15, 0.2) is 6.07 Å². The number of anilines is 1. The van der Waals surface area contributed by atoms with Crippen molar-refractivity contribution in [3.8, 4) is 0 Å². The second-order valence-electron chi connectivity index (χ2n) is 5.10. The number of nitrogens with zero attached hydrogens (tertiary/aromatic N) is 2. The molecule has 0 amide bonds. The van der Waals surface area contributed by atoms with Gasteiger partial charge >= 0.3 is 0 Å². The van der Waals surface area contributed by atoms with Gasteiger partial charge in [-0.15, -0.1) is 0 Å². The number of aromatic nitrogens is 1. The molecular formula is C14H19F2N3OS. The van der Waals surface area contributed by atoms with Crippen LogP contribution < -0.4 is 10.6 Å². The summed E-state index contributed by atoms with van der Waals surface area (Å²) in [6.45, 7) is -0.657. The third-order valence-electron chi connectivity index (χ3n) is 3.57. The first kappa shape index (κ1) is 16.0.